The molecule has 1 amide bonds. The third kappa shape index (κ3) is 3.42. The third-order valence-electron chi connectivity index (χ3n) is 3.37. The number of nitrogens with zero attached hydrogens (tertiary/aromatic N) is 1. The van der Waals surface area contributed by atoms with Crippen LogP contribution in [0.1, 0.15) is 44.5 Å². The molecule has 1 atom stereocenters. The Labute approximate surface area is 129 Å². The van der Waals surface area contributed by atoms with E-state index in [-0.39, 0.29) is 11.9 Å². The number of carbonyl (C=O) groups excluding carboxylic acids is 1. The Morgan fingerprint density at radius 3 is 2.62 bits per heavy atom. The number of amides is 1. The summed E-state index contributed by atoms with van der Waals surface area (Å²) >= 11 is 1.65. The van der Waals surface area contributed by atoms with E-state index in [2.05, 4.69) is 10.3 Å². The summed E-state index contributed by atoms with van der Waals surface area (Å²) in [5.41, 5.74) is 2.53. The summed E-state index contributed by atoms with van der Waals surface area (Å²) in [7, 11) is 1.61. The van der Waals surface area contributed by atoms with Gasteiger partial charge < -0.3 is 10.1 Å². The van der Waals surface area contributed by atoms with Gasteiger partial charge in [0.1, 0.15) is 5.75 Å². The number of hydrogen-bond donors (Lipinski definition) is 1. The molecule has 21 heavy (non-hydrogen) atoms. The largest absolute Gasteiger partial charge is 0.496 e. The second-order valence-corrected chi connectivity index (χ2v) is 6.46. The van der Waals surface area contributed by atoms with Crippen molar-refractivity contribution in [3.8, 4) is 5.75 Å². The molecule has 1 aromatic carbocycles. The minimum Gasteiger partial charge on any atom is -0.496 e. The van der Waals surface area contributed by atoms with E-state index in [9.17, 15) is 4.79 Å². The van der Waals surface area contributed by atoms with Gasteiger partial charge in [0.2, 0.25) is 0 Å². The first-order valence-electron chi connectivity index (χ1n) is 6.81. The molecule has 0 aliphatic carbocycles. The summed E-state index contributed by atoms with van der Waals surface area (Å²) in [6, 6.07) is 5.33. The first kappa shape index (κ1) is 15.5. The summed E-state index contributed by atoms with van der Waals surface area (Å²) in [5.74, 6) is 0.599. The quantitative estimate of drug-likeness (QED) is 0.939. The van der Waals surface area contributed by atoms with Crippen LogP contribution in [0.4, 0.5) is 0 Å². The van der Waals surface area contributed by atoms with E-state index >= 15 is 0 Å². The average Bonchev–Trinajstić information content (AvgIpc) is 2.78. The van der Waals surface area contributed by atoms with Crippen molar-refractivity contribution >= 4 is 17.2 Å². The fourth-order valence-electron chi connectivity index (χ4n) is 2.26. The molecule has 1 N–H and O–H groups in total. The molecule has 0 bridgehead atoms. The van der Waals surface area contributed by atoms with Crippen LogP contribution in [0, 0.1) is 20.8 Å². The van der Waals surface area contributed by atoms with Crippen LogP contribution in [-0.2, 0) is 0 Å². The van der Waals surface area contributed by atoms with Crippen LogP contribution in [-0.4, -0.2) is 18.0 Å². The van der Waals surface area contributed by atoms with E-state index in [0.717, 1.165) is 26.9 Å². The molecule has 0 fully saturated rings. The van der Waals surface area contributed by atoms with Gasteiger partial charge in [-0.25, -0.2) is 4.98 Å². The molecular weight excluding hydrogens is 284 g/mol. The van der Waals surface area contributed by atoms with Crippen LogP contribution in [0.15, 0.2) is 18.2 Å². The zero-order valence-corrected chi connectivity index (χ0v) is 13.8. The van der Waals surface area contributed by atoms with Crippen molar-refractivity contribution in [1.82, 2.24) is 10.3 Å². The third-order valence-corrected chi connectivity index (χ3v) is 4.27. The highest BCUT2D eigenvalue weighted by atomic mass is 32.1. The van der Waals surface area contributed by atoms with Crippen LogP contribution in [0.3, 0.4) is 0 Å². The Hall–Kier alpha value is -1.88. The molecule has 4 nitrogen and oxygen atoms in total. The number of ether oxygens (including phenoxy) is 1. The normalized spacial score (nSPS) is 12.0. The van der Waals surface area contributed by atoms with Crippen LogP contribution < -0.4 is 10.1 Å². The molecule has 0 aliphatic heterocycles. The van der Waals surface area contributed by atoms with Crippen LogP contribution in [0.2, 0.25) is 0 Å². The summed E-state index contributed by atoms with van der Waals surface area (Å²) in [6.07, 6.45) is 0. The molecule has 0 aliphatic rings. The number of thiazole rings is 1. The fourth-order valence-corrected chi connectivity index (χ4v) is 3.17. The van der Waals surface area contributed by atoms with E-state index in [0.29, 0.717) is 5.56 Å². The molecule has 2 aromatic rings. The van der Waals surface area contributed by atoms with Crippen LogP contribution in [0.25, 0.3) is 0 Å². The van der Waals surface area contributed by atoms with Gasteiger partial charge in [-0.15, -0.1) is 11.3 Å². The van der Waals surface area contributed by atoms with E-state index in [1.165, 1.54) is 0 Å². The minimum atomic E-state index is -0.120. The molecule has 2 rings (SSSR count). The number of methoxy groups -OCH3 is 1. The highest BCUT2D eigenvalue weighted by molar-refractivity contribution is 7.11. The predicted octanol–water partition coefficient (Wildman–Crippen LogP) is 3.57. The Balaban J connectivity index is 2.16. The van der Waals surface area contributed by atoms with Gasteiger partial charge in [-0.05, 0) is 45.4 Å². The maximum atomic E-state index is 12.3. The maximum absolute atomic E-state index is 12.3. The summed E-state index contributed by atoms with van der Waals surface area (Å²) in [5, 5.41) is 4.00. The molecule has 112 valence electrons. The average molecular weight is 304 g/mol. The Kier molecular flexibility index (Phi) is 4.63. The van der Waals surface area contributed by atoms with Gasteiger partial charge in [0.25, 0.3) is 5.91 Å². The number of benzene rings is 1. The Bertz CT molecular complexity index is 664. The lowest BCUT2D eigenvalue weighted by molar-refractivity contribution is 0.0939. The van der Waals surface area contributed by atoms with Crippen molar-refractivity contribution in [1.29, 1.82) is 0 Å². The molecule has 5 heteroatoms. The molecule has 1 aromatic heterocycles. The minimum absolute atomic E-state index is 0.116. The van der Waals surface area contributed by atoms with Crippen molar-refractivity contribution in [3.05, 3.63) is 44.9 Å². The number of nitrogens with one attached hydrogen (secondary N) is 1. The van der Waals surface area contributed by atoms with Crippen molar-refractivity contribution in [2.45, 2.75) is 33.7 Å². The first-order valence-corrected chi connectivity index (χ1v) is 7.63. The van der Waals surface area contributed by atoms with Crippen LogP contribution >= 0.6 is 11.3 Å². The van der Waals surface area contributed by atoms with Crippen molar-refractivity contribution in [3.63, 3.8) is 0 Å². The topological polar surface area (TPSA) is 51.2 Å². The van der Waals surface area contributed by atoms with Gasteiger partial charge in [0.05, 0.1) is 23.9 Å². The molecule has 1 heterocycles. The smallest absolute Gasteiger partial charge is 0.251 e. The van der Waals surface area contributed by atoms with Gasteiger partial charge >= 0.3 is 0 Å². The SMILES string of the molecule is COc1cc(C(=O)NC(C)c2nc(C)sc2C)ccc1C. The monoisotopic (exact) mass is 304 g/mol. The first-order chi connectivity index (χ1) is 9.92. The summed E-state index contributed by atoms with van der Waals surface area (Å²) in [4.78, 5) is 18.0. The standard InChI is InChI=1S/C16H20N2O2S/c1-9-6-7-13(8-14(9)20-5)16(19)17-10(2)15-11(3)21-12(4)18-15/h6-8,10H,1-5H3,(H,17,19). The summed E-state index contributed by atoms with van der Waals surface area (Å²) in [6.45, 7) is 7.90. The van der Waals surface area contributed by atoms with Crippen molar-refractivity contribution in [2.75, 3.05) is 7.11 Å². The molecule has 0 saturated heterocycles. The Morgan fingerprint density at radius 1 is 1.33 bits per heavy atom. The van der Waals surface area contributed by atoms with Gasteiger partial charge in [-0.3, -0.25) is 4.79 Å². The van der Waals surface area contributed by atoms with Gasteiger partial charge in [0, 0.05) is 10.4 Å². The lowest BCUT2D eigenvalue weighted by Crippen LogP contribution is -2.27. The van der Waals surface area contributed by atoms with Gasteiger partial charge in [-0.1, -0.05) is 6.07 Å². The second kappa shape index (κ2) is 6.26. The van der Waals surface area contributed by atoms with Gasteiger partial charge in [-0.2, -0.15) is 0 Å². The molecule has 0 saturated carbocycles. The van der Waals surface area contributed by atoms with Crippen molar-refractivity contribution in [2.24, 2.45) is 0 Å². The fraction of sp³-hybridized carbons (Fsp3) is 0.375. The van der Waals surface area contributed by atoms with Gasteiger partial charge in [0.15, 0.2) is 0 Å². The summed E-state index contributed by atoms with van der Waals surface area (Å²) < 4.78 is 5.26. The lowest BCUT2D eigenvalue weighted by Gasteiger charge is -2.14. The van der Waals surface area contributed by atoms with E-state index < -0.39 is 0 Å². The lowest BCUT2D eigenvalue weighted by atomic mass is 10.1. The number of aromatic nitrogens is 1. The molecular formula is C16H20N2O2S. The molecule has 0 radical (unpaired) electrons. The van der Waals surface area contributed by atoms with E-state index in [1.54, 1.807) is 30.6 Å². The number of carbonyl (C=O) groups is 1. The highest BCUT2D eigenvalue weighted by Gasteiger charge is 2.17. The van der Waals surface area contributed by atoms with E-state index in [4.69, 9.17) is 4.74 Å². The van der Waals surface area contributed by atoms with E-state index in [1.807, 2.05) is 33.8 Å². The molecule has 1 unspecified atom stereocenters. The van der Waals surface area contributed by atoms with Crippen molar-refractivity contribution < 1.29 is 9.53 Å². The highest BCUT2D eigenvalue weighted by Crippen LogP contribution is 2.23. The number of hydrogen-bond acceptors (Lipinski definition) is 4. The predicted molar refractivity (Wildman–Crippen MR) is 85.2 cm³/mol. The number of aryl methyl sites for hydroxylation is 3. The maximum Gasteiger partial charge on any atom is 0.251 e. The Morgan fingerprint density at radius 2 is 2.05 bits per heavy atom. The molecule has 0 spiro atoms. The zero-order chi connectivity index (χ0) is 15.6. The van der Waals surface area contributed by atoms with Crippen LogP contribution in [0.5, 0.6) is 5.75 Å². The zero-order valence-electron chi connectivity index (χ0n) is 13.0. The number of rotatable bonds is 4. The second-order valence-electron chi connectivity index (χ2n) is 5.05.